The number of pyridine rings is 1. The third kappa shape index (κ3) is 5.05. The molecule has 182 valence electrons. The van der Waals surface area contributed by atoms with Crippen LogP contribution in [0.1, 0.15) is 6.42 Å². The molecule has 1 N–H and O–H groups in total. The van der Waals surface area contributed by atoms with Gasteiger partial charge in [-0.05, 0) is 49.7 Å². The van der Waals surface area contributed by atoms with E-state index in [9.17, 15) is 9.59 Å². The third-order valence-electron chi connectivity index (χ3n) is 6.90. The second-order valence-electron chi connectivity index (χ2n) is 9.36. The fourth-order valence-corrected chi connectivity index (χ4v) is 4.69. The molecule has 2 aliphatic heterocycles. The summed E-state index contributed by atoms with van der Waals surface area (Å²) in [4.78, 5) is 40.0. The minimum absolute atomic E-state index is 0.0382. The van der Waals surface area contributed by atoms with Crippen molar-refractivity contribution < 1.29 is 4.79 Å². The molecule has 1 amide bonds. The van der Waals surface area contributed by atoms with E-state index in [1.165, 1.54) is 11.8 Å². The van der Waals surface area contributed by atoms with Gasteiger partial charge in [0.25, 0.3) is 5.56 Å². The zero-order valence-corrected chi connectivity index (χ0v) is 20.1. The molecule has 0 bridgehead atoms. The Balaban J connectivity index is 1.31. The SMILES string of the molecule is C=CC(=O)N1CC(CCn2c(=O)ccc3cnc(Nc4cccc(N5CCN(C)CC5)c4)nc32)C1. The average molecular weight is 474 g/mol. The van der Waals surface area contributed by atoms with Crippen molar-refractivity contribution in [3.63, 3.8) is 0 Å². The smallest absolute Gasteiger partial charge is 0.252 e. The Morgan fingerprint density at radius 1 is 1.17 bits per heavy atom. The van der Waals surface area contributed by atoms with Crippen LogP contribution in [-0.4, -0.2) is 76.6 Å². The monoisotopic (exact) mass is 473 g/mol. The van der Waals surface area contributed by atoms with E-state index in [0.29, 0.717) is 37.1 Å². The summed E-state index contributed by atoms with van der Waals surface area (Å²) in [5.74, 6) is 0.792. The summed E-state index contributed by atoms with van der Waals surface area (Å²) in [5, 5.41) is 4.13. The van der Waals surface area contributed by atoms with E-state index in [1.54, 1.807) is 27.8 Å². The molecular formula is C26H31N7O2. The molecule has 0 spiro atoms. The van der Waals surface area contributed by atoms with E-state index in [1.807, 2.05) is 12.1 Å². The van der Waals surface area contributed by atoms with Crippen molar-refractivity contribution in [1.82, 2.24) is 24.3 Å². The van der Waals surface area contributed by atoms with Crippen molar-refractivity contribution >= 4 is 34.3 Å². The van der Waals surface area contributed by atoms with Gasteiger partial charge in [-0.25, -0.2) is 4.98 Å². The number of likely N-dealkylation sites (N-methyl/N-ethyl adjacent to an activating group) is 1. The van der Waals surface area contributed by atoms with Gasteiger partial charge >= 0.3 is 0 Å². The van der Waals surface area contributed by atoms with Crippen LogP contribution in [0.4, 0.5) is 17.3 Å². The van der Waals surface area contributed by atoms with Crippen molar-refractivity contribution in [1.29, 1.82) is 0 Å². The van der Waals surface area contributed by atoms with E-state index in [4.69, 9.17) is 4.98 Å². The number of aryl methyl sites for hydroxylation is 1. The molecule has 5 rings (SSSR count). The second-order valence-corrected chi connectivity index (χ2v) is 9.36. The van der Waals surface area contributed by atoms with E-state index >= 15 is 0 Å². The number of hydrogen-bond donors (Lipinski definition) is 1. The largest absolute Gasteiger partial charge is 0.369 e. The predicted molar refractivity (Wildman–Crippen MR) is 138 cm³/mol. The van der Waals surface area contributed by atoms with Crippen LogP contribution in [0.15, 0.2) is 60.0 Å². The van der Waals surface area contributed by atoms with Crippen molar-refractivity contribution in [3.8, 4) is 0 Å². The molecule has 0 radical (unpaired) electrons. The number of amides is 1. The zero-order chi connectivity index (χ0) is 24.4. The lowest BCUT2D eigenvalue weighted by Crippen LogP contribution is -2.49. The first-order valence-electron chi connectivity index (χ1n) is 12.1. The molecule has 9 nitrogen and oxygen atoms in total. The first kappa shape index (κ1) is 23.0. The number of rotatable bonds is 7. The van der Waals surface area contributed by atoms with Crippen LogP contribution < -0.4 is 15.8 Å². The topological polar surface area (TPSA) is 86.6 Å². The van der Waals surface area contributed by atoms with Crippen molar-refractivity contribution in [3.05, 3.63) is 65.6 Å². The van der Waals surface area contributed by atoms with Crippen molar-refractivity contribution in [2.24, 2.45) is 5.92 Å². The van der Waals surface area contributed by atoms with Crippen LogP contribution in [-0.2, 0) is 11.3 Å². The van der Waals surface area contributed by atoms with E-state index in [2.05, 4.69) is 45.9 Å². The number of nitrogens with zero attached hydrogens (tertiary/aromatic N) is 6. The predicted octanol–water partition coefficient (Wildman–Crippen LogP) is 2.32. The van der Waals surface area contributed by atoms with Crippen LogP contribution >= 0.6 is 0 Å². The zero-order valence-electron chi connectivity index (χ0n) is 20.1. The van der Waals surface area contributed by atoms with Gasteiger partial charge in [-0.15, -0.1) is 0 Å². The highest BCUT2D eigenvalue weighted by Gasteiger charge is 2.29. The molecule has 0 unspecified atom stereocenters. The minimum Gasteiger partial charge on any atom is -0.369 e. The number of likely N-dealkylation sites (tertiary alicyclic amines) is 1. The molecule has 2 saturated heterocycles. The highest BCUT2D eigenvalue weighted by molar-refractivity contribution is 5.87. The molecule has 2 aliphatic rings. The number of hydrogen-bond acceptors (Lipinski definition) is 7. The van der Waals surface area contributed by atoms with Gasteiger partial charge in [-0.1, -0.05) is 12.6 Å². The summed E-state index contributed by atoms with van der Waals surface area (Å²) in [7, 11) is 2.15. The Morgan fingerprint density at radius 2 is 1.97 bits per heavy atom. The number of fused-ring (bicyclic) bond motifs is 1. The van der Waals surface area contributed by atoms with E-state index in [-0.39, 0.29) is 11.5 Å². The summed E-state index contributed by atoms with van der Waals surface area (Å²) >= 11 is 0. The van der Waals surface area contributed by atoms with Crippen molar-refractivity contribution in [2.45, 2.75) is 13.0 Å². The van der Waals surface area contributed by atoms with Gasteiger partial charge in [0.05, 0.1) is 0 Å². The number of benzene rings is 1. The van der Waals surface area contributed by atoms with Crippen LogP contribution in [0.25, 0.3) is 11.0 Å². The number of carbonyl (C=O) groups is 1. The van der Waals surface area contributed by atoms with Gasteiger partial charge in [-0.3, -0.25) is 14.2 Å². The van der Waals surface area contributed by atoms with Crippen LogP contribution in [0, 0.1) is 5.92 Å². The average Bonchev–Trinajstić information content (AvgIpc) is 2.84. The van der Waals surface area contributed by atoms with Crippen LogP contribution in [0.5, 0.6) is 0 Å². The summed E-state index contributed by atoms with van der Waals surface area (Å²) in [5.41, 5.74) is 2.61. The first-order valence-corrected chi connectivity index (χ1v) is 12.1. The maximum atomic E-state index is 12.7. The number of nitrogens with one attached hydrogen (secondary N) is 1. The molecule has 1 aromatic carbocycles. The lowest BCUT2D eigenvalue weighted by atomic mass is 9.96. The fraction of sp³-hybridized carbons (Fsp3) is 0.385. The Kier molecular flexibility index (Phi) is 6.50. The van der Waals surface area contributed by atoms with Crippen molar-refractivity contribution in [2.75, 3.05) is 56.5 Å². The van der Waals surface area contributed by atoms with Gasteiger partial charge in [0.15, 0.2) is 0 Å². The highest BCUT2D eigenvalue weighted by Crippen LogP contribution is 2.24. The number of aromatic nitrogens is 3. The molecule has 4 heterocycles. The van der Waals surface area contributed by atoms with Gasteiger partial charge in [-0.2, -0.15) is 4.98 Å². The molecule has 2 fully saturated rings. The summed E-state index contributed by atoms with van der Waals surface area (Å²) < 4.78 is 1.71. The molecule has 2 aromatic heterocycles. The lowest BCUT2D eigenvalue weighted by Gasteiger charge is -2.38. The van der Waals surface area contributed by atoms with Crippen LogP contribution in [0.3, 0.4) is 0 Å². The summed E-state index contributed by atoms with van der Waals surface area (Å²) in [6, 6.07) is 11.6. The number of carbonyl (C=O) groups excluding carboxylic acids is 1. The molecule has 3 aromatic rings. The highest BCUT2D eigenvalue weighted by atomic mass is 16.2. The van der Waals surface area contributed by atoms with E-state index in [0.717, 1.165) is 43.7 Å². The number of anilines is 3. The normalized spacial score (nSPS) is 16.8. The first-order chi connectivity index (χ1) is 17.0. The lowest BCUT2D eigenvalue weighted by molar-refractivity contribution is -0.132. The molecule has 9 heteroatoms. The van der Waals surface area contributed by atoms with E-state index < -0.39 is 0 Å². The summed E-state index contributed by atoms with van der Waals surface area (Å²) in [6.07, 6.45) is 3.90. The van der Waals surface area contributed by atoms with Gasteiger partial charge in [0.2, 0.25) is 11.9 Å². The molecule has 0 aliphatic carbocycles. The van der Waals surface area contributed by atoms with Gasteiger partial charge < -0.3 is 20.0 Å². The maximum Gasteiger partial charge on any atom is 0.252 e. The fourth-order valence-electron chi connectivity index (χ4n) is 4.69. The molecular weight excluding hydrogens is 442 g/mol. The molecule has 35 heavy (non-hydrogen) atoms. The quantitative estimate of drug-likeness (QED) is 0.527. The Morgan fingerprint density at radius 3 is 2.74 bits per heavy atom. The summed E-state index contributed by atoms with van der Waals surface area (Å²) in [6.45, 7) is 9.59. The van der Waals surface area contributed by atoms with Gasteiger partial charge in [0.1, 0.15) is 5.65 Å². The molecule has 0 saturated carbocycles. The Labute approximate surface area is 204 Å². The number of piperazine rings is 1. The third-order valence-corrected chi connectivity index (χ3v) is 6.90. The molecule has 0 atom stereocenters. The maximum absolute atomic E-state index is 12.7. The Hall–Kier alpha value is -3.72. The minimum atomic E-state index is -0.0856. The second kappa shape index (κ2) is 9.87. The standard InChI is InChI=1S/C26H31N7O2/c1-3-23(34)32-17-19(18-32)9-10-33-24(35)8-7-20-16-27-26(29-25(20)33)28-21-5-4-6-22(15-21)31-13-11-30(2)12-14-31/h3-8,15-16,19H,1,9-14,17-18H2,2H3,(H,27,28,29). The Bertz CT molecular complexity index is 1290. The van der Waals surface area contributed by atoms with Crippen LogP contribution in [0.2, 0.25) is 0 Å². The van der Waals surface area contributed by atoms with Gasteiger partial charge in [0, 0.05) is 74.8 Å².